The topological polar surface area (TPSA) is 122 Å². The Bertz CT molecular complexity index is 596. The molecule has 2 rings (SSSR count). The molecule has 1 aromatic carbocycles. The molecule has 1 unspecified atom stereocenters. The normalized spacial score (nSPS) is 18.0. The van der Waals surface area contributed by atoms with Crippen molar-refractivity contribution in [3.8, 4) is 0 Å². The number of nitro benzene ring substituents is 1. The van der Waals surface area contributed by atoms with Crippen LogP contribution in [0.4, 0.5) is 10.5 Å². The summed E-state index contributed by atoms with van der Waals surface area (Å²) in [5, 5.41) is 24.1. The largest absolute Gasteiger partial charge is 0.477 e. The molecule has 1 atom stereocenters. The Morgan fingerprint density at radius 2 is 2.16 bits per heavy atom. The summed E-state index contributed by atoms with van der Waals surface area (Å²) in [7, 11) is 0. The number of hydrogen-bond donors (Lipinski definition) is 3. The highest BCUT2D eigenvalue weighted by Crippen LogP contribution is 2.22. The molecular weight excluding hydrogens is 254 g/mol. The minimum atomic E-state index is -1.27. The molecule has 19 heavy (non-hydrogen) atoms. The fourth-order valence-corrected chi connectivity index (χ4v) is 1.69. The SMILES string of the molecule is O=C1NC(C(=O)O)=CC(c2cccc([N+](=O)[O-])c2)N1. The molecule has 0 saturated heterocycles. The van der Waals surface area contributed by atoms with Gasteiger partial charge in [-0.2, -0.15) is 0 Å². The van der Waals surface area contributed by atoms with Crippen LogP contribution in [0, 0.1) is 10.1 Å². The number of urea groups is 1. The number of carboxylic acids is 1. The zero-order valence-electron chi connectivity index (χ0n) is 9.49. The summed E-state index contributed by atoms with van der Waals surface area (Å²) in [6.07, 6.45) is 1.28. The van der Waals surface area contributed by atoms with Crippen molar-refractivity contribution in [3.05, 3.63) is 51.7 Å². The van der Waals surface area contributed by atoms with Gasteiger partial charge in [0.15, 0.2) is 0 Å². The maximum Gasteiger partial charge on any atom is 0.352 e. The van der Waals surface area contributed by atoms with E-state index < -0.39 is 23.0 Å². The van der Waals surface area contributed by atoms with E-state index in [1.807, 2.05) is 0 Å². The fraction of sp³-hybridized carbons (Fsp3) is 0.0909. The van der Waals surface area contributed by atoms with Crippen molar-refractivity contribution >= 4 is 17.7 Å². The van der Waals surface area contributed by atoms with Gasteiger partial charge in [-0.3, -0.25) is 10.1 Å². The van der Waals surface area contributed by atoms with Crippen molar-refractivity contribution in [2.75, 3.05) is 0 Å². The Balaban J connectivity index is 2.38. The van der Waals surface area contributed by atoms with Gasteiger partial charge >= 0.3 is 12.0 Å². The van der Waals surface area contributed by atoms with Crippen LogP contribution in [0.25, 0.3) is 0 Å². The maximum absolute atomic E-state index is 11.3. The molecule has 0 radical (unpaired) electrons. The third-order valence-corrected chi connectivity index (χ3v) is 2.54. The van der Waals surface area contributed by atoms with Gasteiger partial charge in [-0.05, 0) is 11.6 Å². The molecule has 8 nitrogen and oxygen atoms in total. The van der Waals surface area contributed by atoms with Crippen LogP contribution < -0.4 is 10.6 Å². The third kappa shape index (κ3) is 2.68. The van der Waals surface area contributed by atoms with Crippen molar-refractivity contribution in [2.24, 2.45) is 0 Å². The minimum absolute atomic E-state index is 0.129. The molecule has 0 fully saturated rings. The number of nitrogens with one attached hydrogen (secondary N) is 2. The Hall–Kier alpha value is -2.90. The van der Waals surface area contributed by atoms with E-state index in [2.05, 4.69) is 10.6 Å². The van der Waals surface area contributed by atoms with E-state index in [4.69, 9.17) is 5.11 Å². The number of amides is 2. The van der Waals surface area contributed by atoms with E-state index in [1.54, 1.807) is 6.07 Å². The molecule has 1 aliphatic heterocycles. The number of carboxylic acid groups (broad SMARTS) is 1. The van der Waals surface area contributed by atoms with E-state index in [0.29, 0.717) is 5.56 Å². The molecule has 8 heteroatoms. The van der Waals surface area contributed by atoms with E-state index in [-0.39, 0.29) is 11.4 Å². The van der Waals surface area contributed by atoms with Crippen LogP contribution in [0.3, 0.4) is 0 Å². The van der Waals surface area contributed by atoms with Gasteiger partial charge in [0.05, 0.1) is 11.0 Å². The molecule has 0 bridgehead atoms. The van der Waals surface area contributed by atoms with Gasteiger partial charge in [0, 0.05) is 12.1 Å². The zero-order chi connectivity index (χ0) is 14.0. The van der Waals surface area contributed by atoms with E-state index in [1.165, 1.54) is 24.3 Å². The minimum Gasteiger partial charge on any atom is -0.477 e. The lowest BCUT2D eigenvalue weighted by Gasteiger charge is -2.21. The van der Waals surface area contributed by atoms with Gasteiger partial charge < -0.3 is 15.7 Å². The van der Waals surface area contributed by atoms with Gasteiger partial charge in [-0.1, -0.05) is 12.1 Å². The number of aliphatic carboxylic acids is 1. The van der Waals surface area contributed by atoms with Crippen LogP contribution in [-0.2, 0) is 4.79 Å². The molecule has 0 aromatic heterocycles. The van der Waals surface area contributed by atoms with Crippen LogP contribution in [0.1, 0.15) is 11.6 Å². The molecule has 0 saturated carbocycles. The van der Waals surface area contributed by atoms with E-state index >= 15 is 0 Å². The Labute approximate surface area is 106 Å². The fourth-order valence-electron chi connectivity index (χ4n) is 1.69. The van der Waals surface area contributed by atoms with Crippen molar-refractivity contribution in [3.63, 3.8) is 0 Å². The lowest BCUT2D eigenvalue weighted by atomic mass is 10.0. The average molecular weight is 263 g/mol. The summed E-state index contributed by atoms with van der Waals surface area (Å²) in [6.45, 7) is 0. The summed E-state index contributed by atoms with van der Waals surface area (Å²) in [4.78, 5) is 32.3. The van der Waals surface area contributed by atoms with Crippen LogP contribution in [0.2, 0.25) is 0 Å². The standard InChI is InChI=1S/C11H9N3O5/c15-10(16)9-5-8(12-11(17)13-9)6-2-1-3-7(4-6)14(18)19/h1-5,8H,(H,15,16)(H2,12,13,17). The Kier molecular flexibility index (Phi) is 3.15. The second kappa shape index (κ2) is 4.77. The number of rotatable bonds is 3. The van der Waals surface area contributed by atoms with Gasteiger partial charge in [0.25, 0.3) is 5.69 Å². The highest BCUT2D eigenvalue weighted by atomic mass is 16.6. The first-order valence-corrected chi connectivity index (χ1v) is 5.24. The lowest BCUT2D eigenvalue weighted by Crippen LogP contribution is -2.43. The third-order valence-electron chi connectivity index (χ3n) is 2.54. The predicted octanol–water partition coefficient (Wildman–Crippen LogP) is 0.917. The summed E-state index contributed by atoms with van der Waals surface area (Å²) in [5.74, 6) is -1.27. The first-order chi connectivity index (χ1) is 8.97. The van der Waals surface area contributed by atoms with Crippen molar-refractivity contribution in [1.29, 1.82) is 0 Å². The Morgan fingerprint density at radius 1 is 1.42 bits per heavy atom. The molecule has 1 heterocycles. The van der Waals surface area contributed by atoms with Crippen LogP contribution in [0.5, 0.6) is 0 Å². The van der Waals surface area contributed by atoms with Gasteiger partial charge in [0.2, 0.25) is 0 Å². The van der Waals surface area contributed by atoms with E-state index in [0.717, 1.165) is 0 Å². The van der Waals surface area contributed by atoms with Crippen molar-refractivity contribution in [2.45, 2.75) is 6.04 Å². The number of carbonyl (C=O) groups is 2. The number of nitrogens with zero attached hydrogens (tertiary/aromatic N) is 1. The summed E-state index contributed by atoms with van der Waals surface area (Å²) in [5.41, 5.74) is 0.0404. The molecular formula is C11H9N3O5. The lowest BCUT2D eigenvalue weighted by molar-refractivity contribution is -0.384. The molecule has 2 amide bonds. The van der Waals surface area contributed by atoms with Crippen LogP contribution in [0.15, 0.2) is 36.0 Å². The van der Waals surface area contributed by atoms with E-state index in [9.17, 15) is 19.7 Å². The van der Waals surface area contributed by atoms with Gasteiger partial charge in [0.1, 0.15) is 5.70 Å². The van der Waals surface area contributed by atoms with Crippen LogP contribution >= 0.6 is 0 Å². The number of non-ortho nitro benzene ring substituents is 1. The Morgan fingerprint density at radius 3 is 2.79 bits per heavy atom. The molecule has 1 aliphatic rings. The number of benzene rings is 1. The highest BCUT2D eigenvalue weighted by molar-refractivity contribution is 5.93. The number of hydrogen-bond acceptors (Lipinski definition) is 4. The molecule has 3 N–H and O–H groups in total. The second-order valence-corrected chi connectivity index (χ2v) is 3.81. The van der Waals surface area contributed by atoms with Gasteiger partial charge in [-0.25, -0.2) is 9.59 Å². The first kappa shape index (κ1) is 12.6. The zero-order valence-corrected chi connectivity index (χ0v) is 9.49. The highest BCUT2D eigenvalue weighted by Gasteiger charge is 2.24. The maximum atomic E-state index is 11.3. The first-order valence-electron chi connectivity index (χ1n) is 5.24. The molecule has 0 aliphatic carbocycles. The van der Waals surface area contributed by atoms with Crippen LogP contribution in [-0.4, -0.2) is 22.0 Å². The number of carbonyl (C=O) groups excluding carboxylic acids is 1. The quantitative estimate of drug-likeness (QED) is 0.552. The molecule has 0 spiro atoms. The predicted molar refractivity (Wildman–Crippen MR) is 63.2 cm³/mol. The smallest absolute Gasteiger partial charge is 0.352 e. The number of nitro groups is 1. The summed E-state index contributed by atoms with van der Waals surface area (Å²) >= 11 is 0. The summed E-state index contributed by atoms with van der Waals surface area (Å²) < 4.78 is 0. The molecule has 98 valence electrons. The van der Waals surface area contributed by atoms with Gasteiger partial charge in [-0.15, -0.1) is 0 Å². The molecule has 1 aromatic rings. The monoisotopic (exact) mass is 263 g/mol. The van der Waals surface area contributed by atoms with Crippen molar-refractivity contribution < 1.29 is 19.6 Å². The second-order valence-electron chi connectivity index (χ2n) is 3.81. The summed E-state index contributed by atoms with van der Waals surface area (Å²) in [6, 6.07) is 4.24. The average Bonchev–Trinajstić information content (AvgIpc) is 2.38. The van der Waals surface area contributed by atoms with Crippen molar-refractivity contribution in [1.82, 2.24) is 10.6 Å².